The number of hydrogen-bond donors (Lipinski definition) is 1. The minimum Gasteiger partial charge on any atom is -0.459 e. The molecule has 1 aliphatic rings. The van der Waals surface area contributed by atoms with E-state index in [0.29, 0.717) is 10.0 Å². The van der Waals surface area contributed by atoms with Crippen LogP contribution in [-0.4, -0.2) is 16.6 Å². The summed E-state index contributed by atoms with van der Waals surface area (Å²) in [5.41, 5.74) is 0.715. The zero-order valence-corrected chi connectivity index (χ0v) is 14.8. The smallest absolute Gasteiger partial charge is 0.342 e. The van der Waals surface area contributed by atoms with Gasteiger partial charge in [0.1, 0.15) is 11.9 Å². The summed E-state index contributed by atoms with van der Waals surface area (Å²) < 4.78 is 21.4. The average molecular weight is 395 g/mol. The zero-order chi connectivity index (χ0) is 17.4. The zero-order valence-electron chi connectivity index (χ0n) is 13.2. The number of carbonyl (C=O) groups is 1. The number of carbonyl (C=O) groups excluding carboxylic acids is 1. The Hall–Kier alpha value is -2.15. The number of aromatic nitrogens is 1. The van der Waals surface area contributed by atoms with E-state index in [1.807, 2.05) is 0 Å². The van der Waals surface area contributed by atoms with Crippen LogP contribution in [0.1, 0.15) is 28.8 Å². The summed E-state index contributed by atoms with van der Waals surface area (Å²) in [6.45, 7) is 1.59. The molecule has 0 radical (unpaired) electrons. The number of halogens is 2. The van der Waals surface area contributed by atoms with Crippen LogP contribution in [0.25, 0.3) is 0 Å². The highest BCUT2D eigenvalue weighted by molar-refractivity contribution is 9.10. The topological polar surface area (TPSA) is 60.3 Å². The summed E-state index contributed by atoms with van der Waals surface area (Å²) in [5, 5.41) is 2.87. The molecule has 0 amide bonds. The summed E-state index contributed by atoms with van der Waals surface area (Å²) in [6, 6.07) is 4.51. The van der Waals surface area contributed by atoms with Crippen molar-refractivity contribution in [1.29, 1.82) is 0 Å². The molecule has 0 saturated heterocycles. The fraction of sp³-hybridized carbons (Fsp3) is 0.294. The third-order valence-corrected chi connectivity index (χ3v) is 4.31. The van der Waals surface area contributed by atoms with Crippen molar-refractivity contribution >= 4 is 33.3 Å². The van der Waals surface area contributed by atoms with E-state index >= 15 is 0 Å². The van der Waals surface area contributed by atoms with Crippen molar-refractivity contribution < 1.29 is 13.9 Å². The molecule has 126 valence electrons. The first kappa shape index (κ1) is 16.7. The largest absolute Gasteiger partial charge is 0.459 e. The highest BCUT2D eigenvalue weighted by Gasteiger charge is 2.28. The van der Waals surface area contributed by atoms with Gasteiger partial charge in [-0.15, -0.1) is 0 Å². The van der Waals surface area contributed by atoms with E-state index in [-0.39, 0.29) is 28.6 Å². The van der Waals surface area contributed by atoms with Gasteiger partial charge in [0.25, 0.3) is 5.56 Å². The Kier molecular flexibility index (Phi) is 4.45. The number of nitrogens with zero attached hydrogens (tertiary/aromatic N) is 1. The third-order valence-electron chi connectivity index (χ3n) is 3.82. The van der Waals surface area contributed by atoms with Crippen LogP contribution < -0.4 is 10.9 Å². The summed E-state index contributed by atoms with van der Waals surface area (Å²) >= 11 is 3.19. The Morgan fingerprint density at radius 2 is 2.12 bits per heavy atom. The molecule has 5 nitrogen and oxygen atoms in total. The maximum Gasteiger partial charge on any atom is 0.342 e. The lowest BCUT2D eigenvalue weighted by Crippen LogP contribution is -2.24. The Morgan fingerprint density at radius 3 is 2.75 bits per heavy atom. The van der Waals surface area contributed by atoms with Gasteiger partial charge in [-0.05, 0) is 38.0 Å². The molecule has 1 aliphatic carbocycles. The first-order chi connectivity index (χ1) is 11.4. The lowest BCUT2D eigenvalue weighted by atomic mass is 10.1. The fourth-order valence-corrected chi connectivity index (χ4v) is 2.67. The van der Waals surface area contributed by atoms with Gasteiger partial charge in [0.2, 0.25) is 0 Å². The van der Waals surface area contributed by atoms with E-state index in [9.17, 15) is 14.0 Å². The van der Waals surface area contributed by atoms with Crippen LogP contribution in [0.5, 0.6) is 0 Å². The molecule has 1 N–H and O–H groups in total. The second-order valence-electron chi connectivity index (χ2n) is 5.81. The first-order valence-corrected chi connectivity index (χ1v) is 8.29. The number of aryl methyl sites for hydroxylation is 1. The predicted octanol–water partition coefficient (Wildman–Crippen LogP) is 3.66. The molecule has 0 aliphatic heterocycles. The maximum absolute atomic E-state index is 14.1. The van der Waals surface area contributed by atoms with E-state index < -0.39 is 11.8 Å². The summed E-state index contributed by atoms with van der Waals surface area (Å²) in [7, 11) is 1.56. The molecule has 1 aromatic heterocycles. The number of ether oxygens (including phenoxy) is 1. The molecule has 0 atom stereocenters. The number of rotatable bonds is 4. The molecule has 0 unspecified atom stereocenters. The van der Waals surface area contributed by atoms with E-state index in [4.69, 9.17) is 4.74 Å². The lowest BCUT2D eigenvalue weighted by molar-refractivity contribution is 0.0472. The van der Waals surface area contributed by atoms with Crippen molar-refractivity contribution in [1.82, 2.24) is 4.57 Å². The van der Waals surface area contributed by atoms with Gasteiger partial charge in [-0.1, -0.05) is 15.9 Å². The second-order valence-corrected chi connectivity index (χ2v) is 6.73. The van der Waals surface area contributed by atoms with Crippen LogP contribution in [0, 0.1) is 12.7 Å². The molecule has 3 rings (SSSR count). The van der Waals surface area contributed by atoms with Crippen LogP contribution >= 0.6 is 15.9 Å². The molecule has 1 heterocycles. The number of anilines is 2. The van der Waals surface area contributed by atoms with Crippen LogP contribution in [0.4, 0.5) is 15.8 Å². The van der Waals surface area contributed by atoms with Crippen LogP contribution in [0.3, 0.4) is 0 Å². The molecule has 1 saturated carbocycles. The number of esters is 1. The fourth-order valence-electron chi connectivity index (χ4n) is 2.33. The molecular formula is C17H16BrFN2O3. The van der Waals surface area contributed by atoms with Gasteiger partial charge in [0.05, 0.1) is 16.9 Å². The van der Waals surface area contributed by atoms with E-state index in [1.54, 1.807) is 20.0 Å². The summed E-state index contributed by atoms with van der Waals surface area (Å²) in [4.78, 5) is 24.6. The molecule has 1 fully saturated rings. The van der Waals surface area contributed by atoms with Crippen molar-refractivity contribution in [2.24, 2.45) is 7.05 Å². The van der Waals surface area contributed by atoms with Gasteiger partial charge in [-0.2, -0.15) is 0 Å². The highest BCUT2D eigenvalue weighted by Crippen LogP contribution is 2.30. The third kappa shape index (κ3) is 3.36. The lowest BCUT2D eigenvalue weighted by Gasteiger charge is -2.16. The van der Waals surface area contributed by atoms with E-state index in [1.165, 1.54) is 22.9 Å². The van der Waals surface area contributed by atoms with Crippen LogP contribution in [0.15, 0.2) is 33.7 Å². The predicted molar refractivity (Wildman–Crippen MR) is 92.2 cm³/mol. The summed E-state index contributed by atoms with van der Waals surface area (Å²) in [6.07, 6.45) is 3.05. The van der Waals surface area contributed by atoms with Crippen molar-refractivity contribution in [3.05, 3.63) is 56.2 Å². The standard InChI is InChI=1S/C17H16BrFN2O3/c1-9-15(20-14-6-3-10(18)7-13(14)19)12(8-21(2)16(9)22)17(23)24-11-4-5-11/h3,6-8,11,20H,4-5H2,1-2H3. The van der Waals surface area contributed by atoms with Crippen molar-refractivity contribution in [2.45, 2.75) is 25.9 Å². The molecule has 2 aromatic rings. The monoisotopic (exact) mass is 394 g/mol. The SMILES string of the molecule is Cc1c(Nc2ccc(Br)cc2F)c(C(=O)OC2CC2)cn(C)c1=O. The van der Waals surface area contributed by atoms with Crippen LogP contribution in [0.2, 0.25) is 0 Å². The van der Waals surface area contributed by atoms with Gasteiger partial charge in [0, 0.05) is 23.3 Å². The normalized spacial score (nSPS) is 13.7. The quantitative estimate of drug-likeness (QED) is 0.803. The van der Waals surface area contributed by atoms with Gasteiger partial charge in [0.15, 0.2) is 0 Å². The van der Waals surface area contributed by atoms with Gasteiger partial charge >= 0.3 is 5.97 Å². The Labute approximate surface area is 146 Å². The van der Waals surface area contributed by atoms with E-state index in [0.717, 1.165) is 12.8 Å². The first-order valence-electron chi connectivity index (χ1n) is 7.50. The number of nitrogens with one attached hydrogen (secondary N) is 1. The maximum atomic E-state index is 14.1. The van der Waals surface area contributed by atoms with Crippen molar-refractivity contribution in [2.75, 3.05) is 5.32 Å². The highest BCUT2D eigenvalue weighted by atomic mass is 79.9. The minimum absolute atomic E-state index is 0.0627. The number of benzene rings is 1. The minimum atomic E-state index is -0.517. The number of hydrogen-bond acceptors (Lipinski definition) is 4. The molecule has 24 heavy (non-hydrogen) atoms. The molecule has 7 heteroatoms. The Morgan fingerprint density at radius 1 is 1.42 bits per heavy atom. The Bertz CT molecular complexity index is 875. The molecule has 0 bridgehead atoms. The van der Waals surface area contributed by atoms with Crippen molar-refractivity contribution in [3.8, 4) is 0 Å². The second kappa shape index (κ2) is 6.39. The van der Waals surface area contributed by atoms with Gasteiger partial charge < -0.3 is 14.6 Å². The van der Waals surface area contributed by atoms with E-state index in [2.05, 4.69) is 21.2 Å². The molecule has 1 aromatic carbocycles. The Balaban J connectivity index is 2.05. The molecular weight excluding hydrogens is 379 g/mol. The van der Waals surface area contributed by atoms with Gasteiger partial charge in [-0.3, -0.25) is 4.79 Å². The van der Waals surface area contributed by atoms with Crippen molar-refractivity contribution in [3.63, 3.8) is 0 Å². The van der Waals surface area contributed by atoms with Crippen LogP contribution in [-0.2, 0) is 11.8 Å². The summed E-state index contributed by atoms with van der Waals surface area (Å²) in [5.74, 6) is -1.01. The molecule has 0 spiro atoms. The van der Waals surface area contributed by atoms with Gasteiger partial charge in [-0.25, -0.2) is 9.18 Å². The number of pyridine rings is 1. The average Bonchev–Trinajstić information content (AvgIpc) is 3.33.